The number of hydrogen-bond donors (Lipinski definition) is 2. The maximum Gasteiger partial charge on any atom is 0.239 e. The van der Waals surface area contributed by atoms with Gasteiger partial charge in [0, 0.05) is 7.05 Å². The van der Waals surface area contributed by atoms with Gasteiger partial charge in [-0.05, 0) is 6.26 Å². The third-order valence-corrected chi connectivity index (χ3v) is 4.65. The van der Waals surface area contributed by atoms with Crippen LogP contribution in [0.1, 0.15) is 0 Å². The summed E-state index contributed by atoms with van der Waals surface area (Å²) in [6, 6.07) is 0. The standard InChI is InChI=1S/C8H12N4O2S3/c1-9-5(13)3-10-6(14)4-16-8-12-11-7(15-2)17-8/h3-4H2,1-2H3,(H,9,13)(H,10,14). The van der Waals surface area contributed by atoms with Crippen LogP contribution in [0.3, 0.4) is 0 Å². The van der Waals surface area contributed by atoms with E-state index in [1.807, 2.05) is 6.26 Å². The summed E-state index contributed by atoms with van der Waals surface area (Å²) in [5.74, 6) is -0.177. The predicted octanol–water partition coefficient (Wildman–Crippen LogP) is 0.214. The Labute approximate surface area is 111 Å². The number of rotatable bonds is 6. The number of hydrogen-bond acceptors (Lipinski definition) is 7. The van der Waals surface area contributed by atoms with Crippen LogP contribution < -0.4 is 10.6 Å². The van der Waals surface area contributed by atoms with Crippen molar-refractivity contribution in [1.82, 2.24) is 20.8 Å². The van der Waals surface area contributed by atoms with Crippen LogP contribution in [0.25, 0.3) is 0 Å². The molecule has 17 heavy (non-hydrogen) atoms. The Morgan fingerprint density at radius 1 is 1.29 bits per heavy atom. The second-order valence-electron chi connectivity index (χ2n) is 2.78. The largest absolute Gasteiger partial charge is 0.358 e. The minimum atomic E-state index is -0.219. The summed E-state index contributed by atoms with van der Waals surface area (Å²) >= 11 is 4.28. The molecule has 0 aliphatic carbocycles. The maximum atomic E-state index is 11.4. The van der Waals surface area contributed by atoms with Crippen molar-refractivity contribution in [3.05, 3.63) is 0 Å². The van der Waals surface area contributed by atoms with Gasteiger partial charge in [0.2, 0.25) is 11.8 Å². The Morgan fingerprint density at radius 2 is 2.00 bits per heavy atom. The molecule has 94 valence electrons. The Morgan fingerprint density at radius 3 is 2.59 bits per heavy atom. The molecule has 0 radical (unpaired) electrons. The van der Waals surface area contributed by atoms with Gasteiger partial charge >= 0.3 is 0 Å². The molecule has 2 amide bonds. The van der Waals surface area contributed by atoms with Gasteiger partial charge in [0.15, 0.2) is 8.68 Å². The van der Waals surface area contributed by atoms with Crippen molar-refractivity contribution in [2.75, 3.05) is 25.6 Å². The topological polar surface area (TPSA) is 84.0 Å². The van der Waals surface area contributed by atoms with Crippen LogP contribution >= 0.6 is 34.9 Å². The summed E-state index contributed by atoms with van der Waals surface area (Å²) in [5, 5.41) is 12.8. The normalized spacial score (nSPS) is 10.0. The van der Waals surface area contributed by atoms with E-state index in [9.17, 15) is 9.59 Å². The van der Waals surface area contributed by atoms with Gasteiger partial charge in [-0.25, -0.2) is 0 Å². The summed E-state index contributed by atoms with van der Waals surface area (Å²) in [6.07, 6.45) is 1.92. The van der Waals surface area contributed by atoms with Crippen molar-refractivity contribution < 1.29 is 9.59 Å². The number of nitrogens with zero attached hydrogens (tertiary/aromatic N) is 2. The number of nitrogens with one attached hydrogen (secondary N) is 2. The third-order valence-electron chi connectivity index (χ3n) is 1.61. The van der Waals surface area contributed by atoms with Gasteiger partial charge in [-0.1, -0.05) is 34.9 Å². The fourth-order valence-electron chi connectivity index (χ4n) is 0.784. The average Bonchev–Trinajstić information content (AvgIpc) is 2.81. The molecule has 2 N–H and O–H groups in total. The van der Waals surface area contributed by atoms with Crippen LogP contribution in [0.5, 0.6) is 0 Å². The van der Waals surface area contributed by atoms with Crippen molar-refractivity contribution in [3.63, 3.8) is 0 Å². The lowest BCUT2D eigenvalue weighted by molar-refractivity contribution is -0.124. The van der Waals surface area contributed by atoms with E-state index in [4.69, 9.17) is 0 Å². The first-order valence-corrected chi connectivity index (χ1v) is 7.66. The molecule has 0 aliphatic heterocycles. The fourth-order valence-corrected chi connectivity index (χ4v) is 3.05. The maximum absolute atomic E-state index is 11.4. The summed E-state index contributed by atoms with van der Waals surface area (Å²) in [4.78, 5) is 22.2. The molecule has 0 spiro atoms. The molecular formula is C8H12N4O2S3. The lowest BCUT2D eigenvalue weighted by Gasteiger charge is -2.02. The van der Waals surface area contributed by atoms with E-state index in [0.29, 0.717) is 0 Å². The number of thioether (sulfide) groups is 2. The lowest BCUT2D eigenvalue weighted by atomic mass is 10.5. The molecule has 0 bridgehead atoms. The summed E-state index contributed by atoms with van der Waals surface area (Å²) < 4.78 is 1.63. The van der Waals surface area contributed by atoms with E-state index in [1.165, 1.54) is 41.9 Å². The summed E-state index contributed by atoms with van der Waals surface area (Å²) in [7, 11) is 1.52. The van der Waals surface area contributed by atoms with Crippen LogP contribution in [0, 0.1) is 0 Å². The number of aromatic nitrogens is 2. The molecule has 1 aromatic heterocycles. The van der Waals surface area contributed by atoms with Crippen LogP contribution in [0.2, 0.25) is 0 Å². The highest BCUT2D eigenvalue weighted by molar-refractivity contribution is 8.03. The Hall–Kier alpha value is -0.800. The highest BCUT2D eigenvalue weighted by Crippen LogP contribution is 2.26. The molecule has 9 heteroatoms. The Bertz CT molecular complexity index is 396. The van der Waals surface area contributed by atoms with Crippen LogP contribution in [0.15, 0.2) is 8.68 Å². The van der Waals surface area contributed by atoms with Gasteiger partial charge in [-0.2, -0.15) is 0 Å². The molecule has 1 heterocycles. The van der Waals surface area contributed by atoms with E-state index < -0.39 is 0 Å². The smallest absolute Gasteiger partial charge is 0.239 e. The van der Waals surface area contributed by atoms with Crippen LogP contribution in [0.4, 0.5) is 0 Å². The van der Waals surface area contributed by atoms with E-state index in [2.05, 4.69) is 20.8 Å². The van der Waals surface area contributed by atoms with E-state index in [1.54, 1.807) is 0 Å². The minimum Gasteiger partial charge on any atom is -0.358 e. The second kappa shape index (κ2) is 7.51. The van der Waals surface area contributed by atoms with Crippen molar-refractivity contribution in [1.29, 1.82) is 0 Å². The van der Waals surface area contributed by atoms with Crippen molar-refractivity contribution >= 4 is 46.7 Å². The first-order chi connectivity index (χ1) is 8.15. The summed E-state index contributed by atoms with van der Waals surface area (Å²) in [6.45, 7) is 0.00206. The van der Waals surface area contributed by atoms with Gasteiger partial charge in [0.1, 0.15) is 0 Å². The molecule has 0 atom stereocenters. The Balaban J connectivity index is 2.25. The zero-order valence-corrected chi connectivity index (χ0v) is 11.8. The molecule has 0 fully saturated rings. The molecule has 0 aromatic carbocycles. The average molecular weight is 292 g/mol. The summed E-state index contributed by atoms with van der Waals surface area (Å²) in [5.41, 5.74) is 0. The molecule has 0 saturated heterocycles. The van der Waals surface area contributed by atoms with Crippen molar-refractivity contribution in [2.45, 2.75) is 8.68 Å². The number of carbonyl (C=O) groups is 2. The van der Waals surface area contributed by atoms with Gasteiger partial charge in [-0.3, -0.25) is 9.59 Å². The van der Waals surface area contributed by atoms with Crippen LogP contribution in [-0.2, 0) is 9.59 Å². The number of likely N-dealkylation sites (N-methyl/N-ethyl adjacent to an activating group) is 1. The Kier molecular flexibility index (Phi) is 6.30. The lowest BCUT2D eigenvalue weighted by Crippen LogP contribution is -2.35. The molecule has 1 rings (SSSR count). The van der Waals surface area contributed by atoms with Gasteiger partial charge in [0.05, 0.1) is 12.3 Å². The molecule has 1 aromatic rings. The fraction of sp³-hybridized carbons (Fsp3) is 0.500. The van der Waals surface area contributed by atoms with E-state index in [-0.39, 0.29) is 24.1 Å². The first-order valence-electron chi connectivity index (χ1n) is 4.63. The number of carbonyl (C=O) groups excluding carboxylic acids is 2. The van der Waals surface area contributed by atoms with Gasteiger partial charge < -0.3 is 10.6 Å². The monoisotopic (exact) mass is 292 g/mol. The highest BCUT2D eigenvalue weighted by atomic mass is 32.2. The zero-order valence-electron chi connectivity index (χ0n) is 9.35. The minimum absolute atomic E-state index is 0.00206. The van der Waals surface area contributed by atoms with Gasteiger partial charge in [0.25, 0.3) is 0 Å². The SMILES string of the molecule is CNC(=O)CNC(=O)CSc1nnc(SC)s1. The predicted molar refractivity (Wildman–Crippen MR) is 69.5 cm³/mol. The first kappa shape index (κ1) is 14.3. The molecule has 6 nitrogen and oxygen atoms in total. The molecular weight excluding hydrogens is 280 g/mol. The number of amides is 2. The van der Waals surface area contributed by atoms with Crippen molar-refractivity contribution in [3.8, 4) is 0 Å². The van der Waals surface area contributed by atoms with E-state index in [0.717, 1.165) is 8.68 Å². The van der Waals surface area contributed by atoms with Crippen molar-refractivity contribution in [2.24, 2.45) is 0 Å². The zero-order chi connectivity index (χ0) is 12.7. The quantitative estimate of drug-likeness (QED) is 0.730. The molecule has 0 saturated carbocycles. The molecule has 0 aliphatic rings. The van der Waals surface area contributed by atoms with E-state index >= 15 is 0 Å². The third kappa shape index (κ3) is 5.37. The second-order valence-corrected chi connectivity index (χ2v) is 6.03. The van der Waals surface area contributed by atoms with Gasteiger partial charge in [-0.15, -0.1) is 10.2 Å². The van der Waals surface area contributed by atoms with Crippen LogP contribution in [-0.4, -0.2) is 47.6 Å². The molecule has 0 unspecified atom stereocenters. The highest BCUT2D eigenvalue weighted by Gasteiger charge is 2.08.